The standard InChI is InChI=1S/C15H23F3N2O2/c16-15(17,18)14(22)4-1-11(2-5-14)20-12(21)10-3-8-19-13(9-10)6-7-13/h10-11,19,22H,1-9H2,(H,20,21). The highest BCUT2D eigenvalue weighted by Crippen LogP contribution is 2.44. The molecule has 0 radical (unpaired) electrons. The van der Waals surface area contributed by atoms with E-state index in [2.05, 4.69) is 10.6 Å². The molecule has 1 spiro atoms. The van der Waals surface area contributed by atoms with Gasteiger partial charge in [-0.2, -0.15) is 13.2 Å². The second kappa shape index (κ2) is 5.37. The molecule has 22 heavy (non-hydrogen) atoms. The monoisotopic (exact) mass is 320 g/mol. The third kappa shape index (κ3) is 3.11. The SMILES string of the molecule is O=C(NC1CCC(O)(C(F)(F)F)CC1)C1CCNC2(CC2)C1. The summed E-state index contributed by atoms with van der Waals surface area (Å²) in [6.07, 6.45) is -1.07. The maximum Gasteiger partial charge on any atom is 0.417 e. The topological polar surface area (TPSA) is 61.4 Å². The Balaban J connectivity index is 1.49. The quantitative estimate of drug-likeness (QED) is 0.728. The lowest BCUT2D eigenvalue weighted by Crippen LogP contribution is -2.52. The van der Waals surface area contributed by atoms with Crippen LogP contribution in [-0.2, 0) is 4.79 Å². The molecular formula is C15H23F3N2O2. The Bertz CT molecular complexity index is 441. The lowest BCUT2D eigenvalue weighted by Gasteiger charge is -2.38. The fourth-order valence-corrected chi connectivity index (χ4v) is 3.76. The van der Waals surface area contributed by atoms with Crippen LogP contribution in [0.4, 0.5) is 13.2 Å². The second-order valence-electron chi connectivity index (χ2n) is 7.21. The lowest BCUT2D eigenvalue weighted by atomic mass is 9.81. The van der Waals surface area contributed by atoms with Gasteiger partial charge in [0.2, 0.25) is 5.91 Å². The van der Waals surface area contributed by atoms with Crippen LogP contribution in [-0.4, -0.2) is 40.9 Å². The van der Waals surface area contributed by atoms with Crippen molar-refractivity contribution in [1.29, 1.82) is 0 Å². The van der Waals surface area contributed by atoms with Crippen LogP contribution in [0.5, 0.6) is 0 Å². The van der Waals surface area contributed by atoms with Crippen LogP contribution < -0.4 is 10.6 Å². The number of piperidine rings is 1. The number of hydrogen-bond acceptors (Lipinski definition) is 3. The molecule has 1 saturated heterocycles. The van der Waals surface area contributed by atoms with E-state index in [-0.39, 0.29) is 49.1 Å². The second-order valence-corrected chi connectivity index (χ2v) is 7.21. The third-order valence-corrected chi connectivity index (χ3v) is 5.54. The summed E-state index contributed by atoms with van der Waals surface area (Å²) < 4.78 is 38.3. The molecule has 0 bridgehead atoms. The first kappa shape index (κ1) is 16.1. The summed E-state index contributed by atoms with van der Waals surface area (Å²) >= 11 is 0. The number of amides is 1. The number of rotatable bonds is 2. The Morgan fingerprint density at radius 2 is 1.77 bits per heavy atom. The molecule has 3 N–H and O–H groups in total. The first-order chi connectivity index (χ1) is 10.2. The number of alkyl halides is 3. The van der Waals surface area contributed by atoms with Gasteiger partial charge in [0, 0.05) is 17.5 Å². The van der Waals surface area contributed by atoms with Crippen LogP contribution in [0, 0.1) is 5.92 Å². The molecule has 7 heteroatoms. The highest BCUT2D eigenvalue weighted by Gasteiger charge is 2.55. The third-order valence-electron chi connectivity index (χ3n) is 5.54. The molecule has 0 aromatic carbocycles. The van der Waals surface area contributed by atoms with Crippen molar-refractivity contribution in [3.8, 4) is 0 Å². The summed E-state index contributed by atoms with van der Waals surface area (Å²) in [5.74, 6) is -0.0672. The van der Waals surface area contributed by atoms with E-state index < -0.39 is 11.8 Å². The predicted molar refractivity (Wildman–Crippen MR) is 74.1 cm³/mol. The first-order valence-electron chi connectivity index (χ1n) is 8.08. The van der Waals surface area contributed by atoms with Gasteiger partial charge in [-0.1, -0.05) is 0 Å². The van der Waals surface area contributed by atoms with Crippen LogP contribution in [0.25, 0.3) is 0 Å². The van der Waals surface area contributed by atoms with Gasteiger partial charge in [0.05, 0.1) is 0 Å². The molecule has 1 unspecified atom stereocenters. The van der Waals surface area contributed by atoms with Crippen LogP contribution in [0.3, 0.4) is 0 Å². The summed E-state index contributed by atoms with van der Waals surface area (Å²) in [4.78, 5) is 12.3. The van der Waals surface area contributed by atoms with E-state index in [4.69, 9.17) is 0 Å². The molecule has 1 atom stereocenters. The number of carbonyl (C=O) groups is 1. The molecule has 2 saturated carbocycles. The molecular weight excluding hydrogens is 297 g/mol. The van der Waals surface area contributed by atoms with Crippen molar-refractivity contribution in [3.05, 3.63) is 0 Å². The maximum absolute atomic E-state index is 12.8. The molecule has 1 heterocycles. The van der Waals surface area contributed by atoms with E-state index in [1.54, 1.807) is 0 Å². The fraction of sp³-hybridized carbons (Fsp3) is 0.933. The van der Waals surface area contributed by atoms with Crippen molar-refractivity contribution in [1.82, 2.24) is 10.6 Å². The molecule has 4 nitrogen and oxygen atoms in total. The van der Waals surface area contributed by atoms with Crippen LogP contribution in [0.15, 0.2) is 0 Å². The number of carbonyl (C=O) groups excluding carboxylic acids is 1. The molecule has 1 aliphatic heterocycles. The molecule has 3 rings (SSSR count). The van der Waals surface area contributed by atoms with Crippen LogP contribution in [0.1, 0.15) is 51.4 Å². The molecule has 3 fully saturated rings. The summed E-state index contributed by atoms with van der Waals surface area (Å²) in [5, 5.41) is 16.0. The number of hydrogen-bond donors (Lipinski definition) is 3. The molecule has 0 aromatic heterocycles. The summed E-state index contributed by atoms with van der Waals surface area (Å²) in [7, 11) is 0. The maximum atomic E-state index is 12.8. The normalized spacial score (nSPS) is 37.8. The molecule has 1 amide bonds. The first-order valence-corrected chi connectivity index (χ1v) is 8.08. The molecule has 126 valence electrons. The number of halogens is 3. The van der Waals surface area contributed by atoms with Crippen LogP contribution >= 0.6 is 0 Å². The van der Waals surface area contributed by atoms with Crippen molar-refractivity contribution in [2.24, 2.45) is 5.92 Å². The van der Waals surface area contributed by atoms with Crippen molar-refractivity contribution >= 4 is 5.91 Å². The van der Waals surface area contributed by atoms with Crippen molar-refractivity contribution < 1.29 is 23.1 Å². The van der Waals surface area contributed by atoms with Gasteiger partial charge in [-0.25, -0.2) is 0 Å². The van der Waals surface area contributed by atoms with Gasteiger partial charge in [-0.3, -0.25) is 4.79 Å². The van der Waals surface area contributed by atoms with Gasteiger partial charge in [0.15, 0.2) is 5.60 Å². The van der Waals surface area contributed by atoms with E-state index in [1.165, 1.54) is 0 Å². The zero-order valence-corrected chi connectivity index (χ0v) is 12.5. The highest BCUT2D eigenvalue weighted by atomic mass is 19.4. The van der Waals surface area contributed by atoms with Crippen molar-refractivity contribution in [2.45, 2.75) is 74.7 Å². The zero-order chi connectivity index (χ0) is 16.0. The van der Waals surface area contributed by atoms with Gasteiger partial charge < -0.3 is 15.7 Å². The summed E-state index contributed by atoms with van der Waals surface area (Å²) in [5.41, 5.74) is -2.43. The van der Waals surface area contributed by atoms with Gasteiger partial charge in [-0.15, -0.1) is 0 Å². The predicted octanol–water partition coefficient (Wildman–Crippen LogP) is 1.87. The highest BCUT2D eigenvalue weighted by molar-refractivity contribution is 5.79. The minimum atomic E-state index is -4.59. The smallest absolute Gasteiger partial charge is 0.380 e. The average molecular weight is 320 g/mol. The van der Waals surface area contributed by atoms with E-state index >= 15 is 0 Å². The Hall–Kier alpha value is -0.820. The Morgan fingerprint density at radius 3 is 2.32 bits per heavy atom. The minimum Gasteiger partial charge on any atom is -0.380 e. The molecule has 3 aliphatic rings. The Labute approximate surface area is 127 Å². The van der Waals surface area contributed by atoms with Gasteiger partial charge in [-0.05, 0) is 57.9 Å². The van der Waals surface area contributed by atoms with Crippen molar-refractivity contribution in [2.75, 3.05) is 6.54 Å². The Morgan fingerprint density at radius 1 is 1.14 bits per heavy atom. The lowest BCUT2D eigenvalue weighted by molar-refractivity contribution is -0.270. The summed E-state index contributed by atoms with van der Waals surface area (Å²) in [6.45, 7) is 0.830. The fourth-order valence-electron chi connectivity index (χ4n) is 3.76. The van der Waals surface area contributed by atoms with E-state index in [1.807, 2.05) is 0 Å². The van der Waals surface area contributed by atoms with Gasteiger partial charge in [0.25, 0.3) is 0 Å². The summed E-state index contributed by atoms with van der Waals surface area (Å²) in [6, 6.07) is -0.250. The molecule has 0 aromatic rings. The average Bonchev–Trinajstić information content (AvgIpc) is 3.19. The van der Waals surface area contributed by atoms with Gasteiger partial charge >= 0.3 is 6.18 Å². The zero-order valence-electron chi connectivity index (χ0n) is 12.5. The number of nitrogens with one attached hydrogen (secondary N) is 2. The van der Waals surface area contributed by atoms with E-state index in [9.17, 15) is 23.1 Å². The minimum absolute atomic E-state index is 0.0322. The number of aliphatic hydroxyl groups is 1. The van der Waals surface area contributed by atoms with Crippen molar-refractivity contribution in [3.63, 3.8) is 0 Å². The largest absolute Gasteiger partial charge is 0.417 e. The molecule has 2 aliphatic carbocycles. The van der Waals surface area contributed by atoms with Crippen LogP contribution in [0.2, 0.25) is 0 Å². The van der Waals surface area contributed by atoms with E-state index in [0.717, 1.165) is 32.2 Å². The van der Waals surface area contributed by atoms with E-state index in [0.29, 0.717) is 0 Å². The van der Waals surface area contributed by atoms with Gasteiger partial charge in [0.1, 0.15) is 0 Å². The Kier molecular flexibility index (Phi) is 3.92.